The van der Waals surface area contributed by atoms with Crippen molar-refractivity contribution in [2.24, 2.45) is 23.7 Å². The Balaban J connectivity index is 1.14. The Morgan fingerprint density at radius 1 is 1.06 bits per heavy atom. The number of urea groups is 1. The number of carbonyl (C=O) groups is 2. The van der Waals surface area contributed by atoms with Crippen LogP contribution in [-0.2, 0) is 10.2 Å². The van der Waals surface area contributed by atoms with Gasteiger partial charge in [0.05, 0.1) is 6.42 Å². The molecule has 4 saturated carbocycles. The fourth-order valence-corrected chi connectivity index (χ4v) is 9.31. The molecule has 2 N–H and O–H groups in total. The van der Waals surface area contributed by atoms with Gasteiger partial charge in [0.2, 0.25) is 0 Å². The second-order valence-electron chi connectivity index (χ2n) is 11.4. The molecule has 1 aromatic rings. The highest BCUT2D eigenvalue weighted by Crippen LogP contribution is 2.56. The molecule has 1 spiro atoms. The van der Waals surface area contributed by atoms with E-state index < -0.39 is 5.97 Å². The topological polar surface area (TPSA) is 69.6 Å². The van der Waals surface area contributed by atoms with Crippen molar-refractivity contribution in [3.63, 3.8) is 0 Å². The van der Waals surface area contributed by atoms with Gasteiger partial charge >= 0.3 is 12.0 Å². The second kappa shape index (κ2) is 7.75. The lowest BCUT2D eigenvalue weighted by molar-refractivity contribution is -0.137. The van der Waals surface area contributed by atoms with E-state index in [1.165, 1.54) is 43.2 Å². The molecule has 6 heteroatoms. The van der Waals surface area contributed by atoms with E-state index in [1.54, 1.807) is 0 Å². The highest BCUT2D eigenvalue weighted by molar-refractivity contribution is 9.10. The van der Waals surface area contributed by atoms with E-state index >= 15 is 0 Å². The molecule has 172 valence electrons. The maximum atomic E-state index is 13.2. The largest absolute Gasteiger partial charge is 0.481 e. The van der Waals surface area contributed by atoms with Crippen LogP contribution in [0.4, 0.5) is 4.79 Å². The predicted molar refractivity (Wildman–Crippen MR) is 126 cm³/mol. The number of hydrogen-bond donors (Lipinski definition) is 2. The average Bonchev–Trinajstić information content (AvgIpc) is 3.04. The summed E-state index contributed by atoms with van der Waals surface area (Å²) in [7, 11) is 0. The van der Waals surface area contributed by atoms with E-state index in [2.05, 4.69) is 33.4 Å². The van der Waals surface area contributed by atoms with Crippen molar-refractivity contribution in [2.45, 2.75) is 75.2 Å². The average molecular weight is 501 g/mol. The van der Waals surface area contributed by atoms with Crippen LogP contribution in [0.1, 0.15) is 74.8 Å². The normalized spacial score (nSPS) is 36.3. The minimum absolute atomic E-state index is 0.0189. The van der Waals surface area contributed by atoms with E-state index in [9.17, 15) is 14.7 Å². The minimum Gasteiger partial charge on any atom is -0.481 e. The molecule has 0 unspecified atom stereocenters. The fraction of sp³-hybridized carbons (Fsp3) is 0.692. The van der Waals surface area contributed by atoms with Crippen LogP contribution in [0.3, 0.4) is 0 Å². The van der Waals surface area contributed by atoms with E-state index in [1.807, 2.05) is 11.0 Å². The molecule has 7 rings (SSSR count). The summed E-state index contributed by atoms with van der Waals surface area (Å²) in [6.45, 7) is 1.50. The summed E-state index contributed by atoms with van der Waals surface area (Å²) in [5.41, 5.74) is 2.47. The van der Waals surface area contributed by atoms with Gasteiger partial charge in [-0.15, -0.1) is 0 Å². The number of nitrogens with one attached hydrogen (secondary N) is 1. The van der Waals surface area contributed by atoms with Gasteiger partial charge < -0.3 is 15.3 Å². The summed E-state index contributed by atoms with van der Waals surface area (Å²) in [5, 5.41) is 12.9. The number of fused-ring (bicyclic) bond motifs is 2. The van der Waals surface area contributed by atoms with Gasteiger partial charge in [0.15, 0.2) is 0 Å². The van der Waals surface area contributed by atoms with Crippen LogP contribution < -0.4 is 5.32 Å². The highest BCUT2D eigenvalue weighted by atomic mass is 79.9. The third-order valence-corrected chi connectivity index (χ3v) is 10.3. The molecule has 1 aromatic carbocycles. The molecule has 5 fully saturated rings. The van der Waals surface area contributed by atoms with Gasteiger partial charge in [-0.05, 0) is 98.1 Å². The number of nitrogens with zero attached hydrogens (tertiary/aromatic N) is 1. The molecule has 1 atom stereocenters. The molecule has 0 aromatic heterocycles. The quantitative estimate of drug-likeness (QED) is 0.592. The Bertz CT molecular complexity index is 911. The van der Waals surface area contributed by atoms with Gasteiger partial charge in [-0.2, -0.15) is 0 Å². The lowest BCUT2D eigenvalue weighted by Gasteiger charge is -2.54. The SMILES string of the molecule is O=C(O)C[C@H]1CC2(CCN(C(=O)NC3C4CC5CC(C4)CC3C5)CC2)c2c(Br)cccc21. The number of aliphatic carboxylic acids is 1. The Kier molecular flexibility index (Phi) is 5.09. The molecule has 0 radical (unpaired) electrons. The van der Waals surface area contributed by atoms with Crippen molar-refractivity contribution < 1.29 is 14.7 Å². The number of rotatable bonds is 3. The van der Waals surface area contributed by atoms with Crippen molar-refractivity contribution in [2.75, 3.05) is 13.1 Å². The number of hydrogen-bond acceptors (Lipinski definition) is 2. The first-order chi connectivity index (χ1) is 15.4. The Morgan fingerprint density at radius 2 is 1.72 bits per heavy atom. The maximum absolute atomic E-state index is 13.2. The van der Waals surface area contributed by atoms with E-state index in [0.717, 1.165) is 48.7 Å². The van der Waals surface area contributed by atoms with E-state index in [0.29, 0.717) is 17.9 Å². The van der Waals surface area contributed by atoms with Crippen LogP contribution >= 0.6 is 15.9 Å². The molecule has 1 aliphatic heterocycles. The first kappa shape index (κ1) is 21.0. The smallest absolute Gasteiger partial charge is 0.317 e. The summed E-state index contributed by atoms with van der Waals surface area (Å²) in [6, 6.07) is 6.71. The van der Waals surface area contributed by atoms with E-state index in [-0.39, 0.29) is 23.8 Å². The number of carboxylic acid groups (broad SMARTS) is 1. The van der Waals surface area contributed by atoms with Gasteiger partial charge in [-0.25, -0.2) is 4.79 Å². The number of piperidine rings is 1. The number of carboxylic acids is 1. The van der Waals surface area contributed by atoms with Crippen LogP contribution in [0, 0.1) is 23.7 Å². The van der Waals surface area contributed by atoms with Crippen molar-refractivity contribution in [1.82, 2.24) is 10.2 Å². The lowest BCUT2D eigenvalue weighted by atomic mass is 9.54. The molecule has 1 saturated heterocycles. The molecular weight excluding hydrogens is 468 g/mol. The van der Waals surface area contributed by atoms with Crippen molar-refractivity contribution in [1.29, 1.82) is 0 Å². The van der Waals surface area contributed by atoms with Gasteiger partial charge in [0, 0.05) is 29.0 Å². The molecule has 32 heavy (non-hydrogen) atoms. The molecule has 5 aliphatic carbocycles. The van der Waals surface area contributed by atoms with Gasteiger partial charge in [-0.1, -0.05) is 28.1 Å². The molecule has 6 aliphatic rings. The number of carbonyl (C=O) groups excluding carboxylic acids is 1. The fourth-order valence-electron chi connectivity index (χ4n) is 8.50. The van der Waals surface area contributed by atoms with E-state index in [4.69, 9.17) is 0 Å². The standard InChI is InChI=1S/C26H33BrN2O3/c27-21-3-1-2-20-19(13-22(30)31)14-26(23(20)21)4-6-29(7-5-26)25(32)28-24-17-9-15-8-16(11-17)12-18(24)10-15/h1-3,15-19,24H,4-14H2,(H,28,32)(H,30,31)/t15?,16?,17?,18?,19-,24?/m0/s1. The summed E-state index contributed by atoms with van der Waals surface area (Å²) >= 11 is 3.76. The first-order valence-electron chi connectivity index (χ1n) is 12.5. The monoisotopic (exact) mass is 500 g/mol. The van der Waals surface area contributed by atoms with Gasteiger partial charge in [0.1, 0.15) is 0 Å². The zero-order valence-corrected chi connectivity index (χ0v) is 20.1. The van der Waals surface area contributed by atoms with Crippen molar-refractivity contribution >= 4 is 27.9 Å². The summed E-state index contributed by atoms with van der Waals surface area (Å²) in [5.74, 6) is 2.56. The van der Waals surface area contributed by atoms with Crippen LogP contribution in [-0.4, -0.2) is 41.1 Å². The van der Waals surface area contributed by atoms with Crippen LogP contribution in [0.25, 0.3) is 0 Å². The van der Waals surface area contributed by atoms with Crippen LogP contribution in [0.5, 0.6) is 0 Å². The van der Waals surface area contributed by atoms with Crippen molar-refractivity contribution in [3.05, 3.63) is 33.8 Å². The number of benzene rings is 1. The molecule has 2 amide bonds. The number of likely N-dealkylation sites (tertiary alicyclic amines) is 1. The highest BCUT2D eigenvalue weighted by Gasteiger charge is 2.50. The molecule has 5 nitrogen and oxygen atoms in total. The molecular formula is C26H33BrN2O3. The van der Waals surface area contributed by atoms with Crippen molar-refractivity contribution in [3.8, 4) is 0 Å². The number of halogens is 1. The predicted octanol–water partition coefficient (Wildman–Crippen LogP) is 5.28. The Morgan fingerprint density at radius 3 is 2.34 bits per heavy atom. The second-order valence-corrected chi connectivity index (χ2v) is 12.2. The molecule has 1 heterocycles. The third kappa shape index (κ3) is 3.39. The Labute approximate surface area is 198 Å². The molecule has 4 bridgehead atoms. The summed E-state index contributed by atoms with van der Waals surface area (Å²) in [4.78, 5) is 26.8. The summed E-state index contributed by atoms with van der Waals surface area (Å²) < 4.78 is 1.09. The number of amides is 2. The Hall–Kier alpha value is -1.56. The minimum atomic E-state index is -0.731. The van der Waals surface area contributed by atoms with Gasteiger partial charge in [0.25, 0.3) is 0 Å². The summed E-state index contributed by atoms with van der Waals surface area (Å²) in [6.07, 6.45) is 9.58. The van der Waals surface area contributed by atoms with Gasteiger partial charge in [-0.3, -0.25) is 4.79 Å². The van der Waals surface area contributed by atoms with Crippen LogP contribution in [0.2, 0.25) is 0 Å². The zero-order valence-electron chi connectivity index (χ0n) is 18.6. The lowest BCUT2D eigenvalue weighted by Crippen LogP contribution is -2.59. The maximum Gasteiger partial charge on any atom is 0.317 e. The third-order valence-electron chi connectivity index (χ3n) is 9.60. The zero-order chi connectivity index (χ0) is 22.0. The van der Waals surface area contributed by atoms with Crippen LogP contribution in [0.15, 0.2) is 22.7 Å². The first-order valence-corrected chi connectivity index (χ1v) is 13.3.